The zero-order chi connectivity index (χ0) is 24.4. The molecular formula is C31H60O2. The summed E-state index contributed by atoms with van der Waals surface area (Å²) < 4.78 is 0. The molecule has 1 atom stereocenters. The van der Waals surface area contributed by atoms with Gasteiger partial charge in [-0.05, 0) is 45.4 Å². The van der Waals surface area contributed by atoms with Gasteiger partial charge in [-0.25, -0.2) is 0 Å². The summed E-state index contributed by atoms with van der Waals surface area (Å²) in [6, 6.07) is 0. The SMILES string of the molecule is CCC/C=C(\C)CCCCCCCCCCCCCCCCCCC(O)CCC(=O)CCC. The van der Waals surface area contributed by atoms with Crippen molar-refractivity contribution in [1.82, 2.24) is 0 Å². The molecule has 0 amide bonds. The van der Waals surface area contributed by atoms with E-state index in [-0.39, 0.29) is 6.10 Å². The molecule has 0 fully saturated rings. The average Bonchev–Trinajstić information content (AvgIpc) is 2.80. The van der Waals surface area contributed by atoms with Crippen LogP contribution in [0.4, 0.5) is 0 Å². The summed E-state index contributed by atoms with van der Waals surface area (Å²) in [5, 5.41) is 9.98. The van der Waals surface area contributed by atoms with E-state index < -0.39 is 0 Å². The summed E-state index contributed by atoms with van der Waals surface area (Å²) in [7, 11) is 0. The van der Waals surface area contributed by atoms with Crippen molar-refractivity contribution in [1.29, 1.82) is 0 Å². The van der Waals surface area contributed by atoms with Crippen molar-refractivity contribution in [2.24, 2.45) is 0 Å². The van der Waals surface area contributed by atoms with Crippen LogP contribution in [0.1, 0.15) is 175 Å². The summed E-state index contributed by atoms with van der Waals surface area (Å²) in [5.74, 6) is 0.309. The van der Waals surface area contributed by atoms with Crippen LogP contribution in [0.5, 0.6) is 0 Å². The van der Waals surface area contributed by atoms with E-state index in [1.54, 1.807) is 5.57 Å². The molecule has 2 heteroatoms. The molecular weight excluding hydrogens is 404 g/mol. The molecule has 0 aliphatic rings. The Balaban J connectivity index is 3.20. The number of allylic oxidation sites excluding steroid dienone is 2. The number of ketones is 1. The Morgan fingerprint density at radius 3 is 1.52 bits per heavy atom. The van der Waals surface area contributed by atoms with Gasteiger partial charge in [0.25, 0.3) is 0 Å². The highest BCUT2D eigenvalue weighted by atomic mass is 16.3. The molecule has 0 saturated heterocycles. The first-order valence-corrected chi connectivity index (χ1v) is 15.0. The van der Waals surface area contributed by atoms with Crippen LogP contribution in [0, 0.1) is 0 Å². The van der Waals surface area contributed by atoms with Crippen molar-refractivity contribution in [3.8, 4) is 0 Å². The van der Waals surface area contributed by atoms with Gasteiger partial charge in [0.2, 0.25) is 0 Å². The van der Waals surface area contributed by atoms with Gasteiger partial charge in [-0.1, -0.05) is 128 Å². The number of unbranched alkanes of at least 4 members (excludes halogenated alkanes) is 16. The number of carbonyl (C=O) groups is 1. The van der Waals surface area contributed by atoms with Gasteiger partial charge in [0.1, 0.15) is 5.78 Å². The lowest BCUT2D eigenvalue weighted by molar-refractivity contribution is -0.119. The third-order valence-electron chi connectivity index (χ3n) is 6.93. The van der Waals surface area contributed by atoms with Gasteiger partial charge in [-0.3, -0.25) is 4.79 Å². The van der Waals surface area contributed by atoms with Crippen LogP contribution in [0.25, 0.3) is 0 Å². The Morgan fingerprint density at radius 1 is 0.606 bits per heavy atom. The van der Waals surface area contributed by atoms with Crippen molar-refractivity contribution in [2.45, 2.75) is 181 Å². The van der Waals surface area contributed by atoms with E-state index in [0.717, 1.165) is 19.3 Å². The first-order chi connectivity index (χ1) is 16.1. The van der Waals surface area contributed by atoms with E-state index in [4.69, 9.17) is 0 Å². The zero-order valence-electron chi connectivity index (χ0n) is 23.0. The monoisotopic (exact) mass is 464 g/mol. The van der Waals surface area contributed by atoms with Crippen LogP contribution in [-0.2, 0) is 4.79 Å². The zero-order valence-corrected chi connectivity index (χ0v) is 23.0. The number of Topliss-reactive ketones (excluding diaryl/α,β-unsaturated/α-hetero) is 1. The normalized spacial score (nSPS) is 12.9. The fourth-order valence-electron chi connectivity index (χ4n) is 4.63. The van der Waals surface area contributed by atoms with Crippen LogP contribution >= 0.6 is 0 Å². The fourth-order valence-corrected chi connectivity index (χ4v) is 4.63. The van der Waals surface area contributed by atoms with E-state index in [9.17, 15) is 9.90 Å². The average molecular weight is 465 g/mol. The quantitative estimate of drug-likeness (QED) is 0.102. The number of carbonyl (C=O) groups excluding carboxylic acids is 1. The van der Waals surface area contributed by atoms with Crippen LogP contribution in [-0.4, -0.2) is 17.0 Å². The van der Waals surface area contributed by atoms with Crippen molar-refractivity contribution < 1.29 is 9.90 Å². The number of hydrogen-bond acceptors (Lipinski definition) is 2. The predicted octanol–water partition coefficient (Wildman–Crippen LogP) is 10.3. The predicted molar refractivity (Wildman–Crippen MR) is 147 cm³/mol. The summed E-state index contributed by atoms with van der Waals surface area (Å²) in [6.07, 6.45) is 31.7. The van der Waals surface area contributed by atoms with E-state index in [1.807, 2.05) is 6.92 Å². The van der Waals surface area contributed by atoms with Gasteiger partial charge in [0.05, 0.1) is 6.10 Å². The minimum atomic E-state index is -0.271. The summed E-state index contributed by atoms with van der Waals surface area (Å²) >= 11 is 0. The summed E-state index contributed by atoms with van der Waals surface area (Å²) in [5.41, 5.74) is 1.60. The molecule has 33 heavy (non-hydrogen) atoms. The van der Waals surface area contributed by atoms with Crippen LogP contribution < -0.4 is 0 Å². The van der Waals surface area contributed by atoms with E-state index in [2.05, 4.69) is 19.9 Å². The first kappa shape index (κ1) is 32.4. The largest absolute Gasteiger partial charge is 0.393 e. The molecule has 0 aromatic carbocycles. The Morgan fingerprint density at radius 2 is 1.06 bits per heavy atom. The lowest BCUT2D eigenvalue weighted by Gasteiger charge is -2.09. The molecule has 0 radical (unpaired) electrons. The highest BCUT2D eigenvalue weighted by molar-refractivity contribution is 5.78. The van der Waals surface area contributed by atoms with Crippen molar-refractivity contribution >= 4 is 5.78 Å². The van der Waals surface area contributed by atoms with E-state index in [1.165, 1.54) is 116 Å². The van der Waals surface area contributed by atoms with Crippen molar-refractivity contribution in [3.05, 3.63) is 11.6 Å². The topological polar surface area (TPSA) is 37.3 Å². The third kappa shape index (κ3) is 25.8. The Bertz CT molecular complexity index is 440. The highest BCUT2D eigenvalue weighted by Crippen LogP contribution is 2.16. The summed E-state index contributed by atoms with van der Waals surface area (Å²) in [6.45, 7) is 6.59. The molecule has 0 aliphatic heterocycles. The second-order valence-corrected chi connectivity index (χ2v) is 10.5. The molecule has 0 saturated carbocycles. The van der Waals surface area contributed by atoms with Crippen LogP contribution in [0.2, 0.25) is 0 Å². The molecule has 0 heterocycles. The van der Waals surface area contributed by atoms with Gasteiger partial charge in [0, 0.05) is 12.8 Å². The first-order valence-electron chi connectivity index (χ1n) is 15.0. The lowest BCUT2D eigenvalue weighted by Crippen LogP contribution is -2.09. The maximum atomic E-state index is 11.5. The molecule has 1 N–H and O–H groups in total. The van der Waals surface area contributed by atoms with E-state index >= 15 is 0 Å². The number of rotatable bonds is 26. The molecule has 0 bridgehead atoms. The molecule has 0 rings (SSSR count). The lowest BCUT2D eigenvalue weighted by atomic mass is 10.0. The molecule has 0 aromatic heterocycles. The Hall–Kier alpha value is -0.630. The molecule has 2 nitrogen and oxygen atoms in total. The van der Waals surface area contributed by atoms with Crippen LogP contribution in [0.15, 0.2) is 11.6 Å². The smallest absolute Gasteiger partial charge is 0.132 e. The second-order valence-electron chi connectivity index (χ2n) is 10.5. The minimum absolute atomic E-state index is 0.271. The molecule has 0 aliphatic carbocycles. The molecule has 0 spiro atoms. The maximum absolute atomic E-state index is 11.5. The van der Waals surface area contributed by atoms with Crippen LogP contribution in [0.3, 0.4) is 0 Å². The molecule has 0 aromatic rings. The van der Waals surface area contributed by atoms with Gasteiger partial charge < -0.3 is 5.11 Å². The number of aliphatic hydroxyl groups is 1. The van der Waals surface area contributed by atoms with Gasteiger partial charge in [0.15, 0.2) is 0 Å². The fraction of sp³-hybridized carbons (Fsp3) is 0.903. The second kappa shape index (κ2) is 26.0. The van der Waals surface area contributed by atoms with E-state index in [0.29, 0.717) is 25.0 Å². The van der Waals surface area contributed by atoms with Gasteiger partial charge >= 0.3 is 0 Å². The maximum Gasteiger partial charge on any atom is 0.132 e. The van der Waals surface area contributed by atoms with Gasteiger partial charge in [-0.2, -0.15) is 0 Å². The number of hydrogen-bond donors (Lipinski definition) is 1. The number of aliphatic hydroxyl groups excluding tert-OH is 1. The van der Waals surface area contributed by atoms with Gasteiger partial charge in [-0.15, -0.1) is 0 Å². The summed E-state index contributed by atoms with van der Waals surface area (Å²) in [4.78, 5) is 11.5. The standard InChI is InChI=1S/C31H60O2/c1-4-6-24-29(3)25-21-19-17-15-13-11-9-7-8-10-12-14-16-18-20-22-26-31(33)28-27-30(32)23-5-2/h24,31,33H,4-23,25-28H2,1-3H3/b29-24+. The van der Waals surface area contributed by atoms with Crippen molar-refractivity contribution in [2.75, 3.05) is 0 Å². The molecule has 1 unspecified atom stereocenters. The molecule has 196 valence electrons. The Labute approximate surface area is 208 Å². The Kier molecular flexibility index (Phi) is 25.5. The highest BCUT2D eigenvalue weighted by Gasteiger charge is 2.07. The third-order valence-corrected chi connectivity index (χ3v) is 6.93. The minimum Gasteiger partial charge on any atom is -0.393 e. The van der Waals surface area contributed by atoms with Crippen molar-refractivity contribution in [3.63, 3.8) is 0 Å².